The summed E-state index contributed by atoms with van der Waals surface area (Å²) in [6.45, 7) is 4.15. The first kappa shape index (κ1) is 18.9. The van der Waals surface area contributed by atoms with E-state index in [-0.39, 0.29) is 30.0 Å². The number of carbonyl (C=O) groups is 2. The first-order valence-corrected chi connectivity index (χ1v) is 9.25. The van der Waals surface area contributed by atoms with E-state index in [9.17, 15) is 14.0 Å². The van der Waals surface area contributed by atoms with E-state index in [1.165, 1.54) is 24.3 Å². The van der Waals surface area contributed by atoms with Crippen molar-refractivity contribution in [3.05, 3.63) is 53.9 Å². The van der Waals surface area contributed by atoms with Crippen LogP contribution in [0.3, 0.4) is 0 Å². The van der Waals surface area contributed by atoms with Gasteiger partial charge in [0.1, 0.15) is 5.82 Å². The number of nitrogens with zero attached hydrogens (tertiary/aromatic N) is 6. The lowest BCUT2D eigenvalue weighted by Gasteiger charge is -2.33. The zero-order valence-corrected chi connectivity index (χ0v) is 15.9. The molecule has 1 fully saturated rings. The lowest BCUT2D eigenvalue weighted by atomic mass is 10.3. The Morgan fingerprint density at radius 2 is 1.83 bits per heavy atom. The Labute approximate surface area is 166 Å². The number of anilines is 1. The SMILES string of the molecule is Cc1ccnc2nc(C(=O)N3CCN(CC(=O)Nc4ccc(F)cc4)CC3)nn12. The third-order valence-electron chi connectivity index (χ3n) is 4.78. The molecule has 3 heterocycles. The number of hydrogen-bond donors (Lipinski definition) is 1. The number of hydrogen-bond acceptors (Lipinski definition) is 6. The Kier molecular flexibility index (Phi) is 5.17. The number of carbonyl (C=O) groups excluding carboxylic acids is 2. The lowest BCUT2D eigenvalue weighted by Crippen LogP contribution is -2.50. The van der Waals surface area contributed by atoms with Crippen LogP contribution in [0.2, 0.25) is 0 Å². The molecule has 0 aliphatic carbocycles. The maximum absolute atomic E-state index is 12.9. The van der Waals surface area contributed by atoms with E-state index >= 15 is 0 Å². The van der Waals surface area contributed by atoms with Gasteiger partial charge in [-0.05, 0) is 37.3 Å². The minimum atomic E-state index is -0.352. The molecule has 1 aliphatic rings. The largest absolute Gasteiger partial charge is 0.333 e. The van der Waals surface area contributed by atoms with Crippen LogP contribution in [-0.4, -0.2) is 73.9 Å². The molecule has 1 saturated heterocycles. The fraction of sp³-hybridized carbons (Fsp3) is 0.316. The molecule has 10 heteroatoms. The molecule has 9 nitrogen and oxygen atoms in total. The molecule has 0 bridgehead atoms. The van der Waals surface area contributed by atoms with Crippen LogP contribution < -0.4 is 5.32 Å². The summed E-state index contributed by atoms with van der Waals surface area (Å²) in [6, 6.07) is 7.42. The van der Waals surface area contributed by atoms with Crippen LogP contribution >= 0.6 is 0 Å². The standard InChI is InChI=1S/C19H20FN7O2/c1-13-6-7-21-19-23-17(24-27(13)19)18(29)26-10-8-25(9-11-26)12-16(28)22-15-4-2-14(20)3-5-15/h2-7H,8-12H2,1H3,(H,22,28). The summed E-state index contributed by atoms with van der Waals surface area (Å²) in [4.78, 5) is 36.9. The van der Waals surface area contributed by atoms with Gasteiger partial charge in [0, 0.05) is 43.8 Å². The number of aromatic nitrogens is 4. The molecule has 1 aliphatic heterocycles. The van der Waals surface area contributed by atoms with Gasteiger partial charge in [-0.2, -0.15) is 4.98 Å². The Morgan fingerprint density at radius 1 is 1.10 bits per heavy atom. The fourth-order valence-electron chi connectivity index (χ4n) is 3.18. The van der Waals surface area contributed by atoms with E-state index in [2.05, 4.69) is 20.4 Å². The summed E-state index contributed by atoms with van der Waals surface area (Å²) in [5.41, 5.74) is 1.39. The predicted octanol–water partition coefficient (Wildman–Crippen LogP) is 0.968. The van der Waals surface area contributed by atoms with Crippen LogP contribution in [0.25, 0.3) is 5.78 Å². The molecule has 2 amide bonds. The van der Waals surface area contributed by atoms with Gasteiger partial charge in [0.05, 0.1) is 6.54 Å². The van der Waals surface area contributed by atoms with E-state index in [1.807, 2.05) is 11.8 Å². The van der Waals surface area contributed by atoms with E-state index in [0.717, 1.165) is 5.69 Å². The van der Waals surface area contributed by atoms with Crippen molar-refractivity contribution >= 4 is 23.3 Å². The Bertz CT molecular complexity index is 1040. The zero-order chi connectivity index (χ0) is 20.4. The summed E-state index contributed by atoms with van der Waals surface area (Å²) < 4.78 is 14.5. The van der Waals surface area contributed by atoms with Gasteiger partial charge in [0.15, 0.2) is 0 Å². The normalized spacial score (nSPS) is 14.9. The summed E-state index contributed by atoms with van der Waals surface area (Å²) in [5, 5.41) is 6.99. The second-order valence-electron chi connectivity index (χ2n) is 6.86. The maximum Gasteiger partial charge on any atom is 0.293 e. The number of nitrogens with one attached hydrogen (secondary N) is 1. The Hall–Kier alpha value is -3.40. The average Bonchev–Trinajstić information content (AvgIpc) is 3.15. The molecular formula is C19H20FN7O2. The number of amides is 2. The van der Waals surface area contributed by atoms with Crippen molar-refractivity contribution in [2.45, 2.75) is 6.92 Å². The third-order valence-corrected chi connectivity index (χ3v) is 4.78. The van der Waals surface area contributed by atoms with Gasteiger partial charge in [-0.3, -0.25) is 14.5 Å². The van der Waals surface area contributed by atoms with Crippen molar-refractivity contribution in [2.24, 2.45) is 0 Å². The summed E-state index contributed by atoms with van der Waals surface area (Å²) in [5.74, 6) is -0.265. The molecule has 0 unspecified atom stereocenters. The minimum Gasteiger partial charge on any atom is -0.333 e. The van der Waals surface area contributed by atoms with E-state index < -0.39 is 0 Å². The molecule has 29 heavy (non-hydrogen) atoms. The van der Waals surface area contributed by atoms with Gasteiger partial charge < -0.3 is 10.2 Å². The molecule has 0 spiro atoms. The van der Waals surface area contributed by atoms with Crippen molar-refractivity contribution in [3.63, 3.8) is 0 Å². The smallest absolute Gasteiger partial charge is 0.293 e. The molecular weight excluding hydrogens is 377 g/mol. The van der Waals surface area contributed by atoms with E-state index in [0.29, 0.717) is 37.6 Å². The minimum absolute atomic E-state index is 0.120. The van der Waals surface area contributed by atoms with Gasteiger partial charge in [0.2, 0.25) is 11.7 Å². The van der Waals surface area contributed by atoms with Crippen LogP contribution in [0.15, 0.2) is 36.5 Å². The zero-order valence-electron chi connectivity index (χ0n) is 15.9. The number of rotatable bonds is 4. The van der Waals surface area contributed by atoms with Gasteiger partial charge in [-0.1, -0.05) is 0 Å². The van der Waals surface area contributed by atoms with E-state index in [4.69, 9.17) is 0 Å². The quantitative estimate of drug-likeness (QED) is 0.705. The monoisotopic (exact) mass is 397 g/mol. The Balaban J connectivity index is 1.31. The van der Waals surface area contributed by atoms with Crippen molar-refractivity contribution < 1.29 is 14.0 Å². The molecule has 1 aromatic carbocycles. The molecule has 150 valence electrons. The predicted molar refractivity (Wildman–Crippen MR) is 103 cm³/mol. The molecule has 3 aromatic rings. The average molecular weight is 397 g/mol. The lowest BCUT2D eigenvalue weighted by molar-refractivity contribution is -0.117. The second kappa shape index (κ2) is 7.92. The fourth-order valence-corrected chi connectivity index (χ4v) is 3.18. The van der Waals surface area contributed by atoms with Crippen molar-refractivity contribution in [2.75, 3.05) is 38.0 Å². The maximum atomic E-state index is 12.9. The number of benzene rings is 1. The van der Waals surface area contributed by atoms with Crippen molar-refractivity contribution in [1.29, 1.82) is 0 Å². The number of fused-ring (bicyclic) bond motifs is 1. The summed E-state index contributed by atoms with van der Waals surface area (Å²) in [7, 11) is 0. The highest BCUT2D eigenvalue weighted by Crippen LogP contribution is 2.10. The van der Waals surface area contributed by atoms with Crippen LogP contribution in [0, 0.1) is 12.7 Å². The van der Waals surface area contributed by atoms with Gasteiger partial charge >= 0.3 is 0 Å². The van der Waals surface area contributed by atoms with Gasteiger partial charge in [-0.25, -0.2) is 13.9 Å². The van der Waals surface area contributed by atoms with Crippen LogP contribution in [0.5, 0.6) is 0 Å². The summed E-state index contributed by atoms with van der Waals surface area (Å²) in [6.07, 6.45) is 1.63. The van der Waals surface area contributed by atoms with Crippen LogP contribution in [-0.2, 0) is 4.79 Å². The third kappa shape index (κ3) is 4.21. The molecule has 0 radical (unpaired) electrons. The highest BCUT2D eigenvalue weighted by Gasteiger charge is 2.26. The van der Waals surface area contributed by atoms with Crippen LogP contribution in [0.1, 0.15) is 16.3 Å². The molecule has 0 atom stereocenters. The van der Waals surface area contributed by atoms with Crippen molar-refractivity contribution in [1.82, 2.24) is 29.4 Å². The topological polar surface area (TPSA) is 95.7 Å². The second-order valence-corrected chi connectivity index (χ2v) is 6.86. The highest BCUT2D eigenvalue weighted by atomic mass is 19.1. The van der Waals surface area contributed by atoms with Gasteiger partial charge in [0.25, 0.3) is 11.7 Å². The van der Waals surface area contributed by atoms with Crippen LogP contribution in [0.4, 0.5) is 10.1 Å². The Morgan fingerprint density at radius 3 is 2.52 bits per heavy atom. The number of piperazine rings is 1. The molecule has 4 rings (SSSR count). The summed E-state index contributed by atoms with van der Waals surface area (Å²) >= 11 is 0. The first-order valence-electron chi connectivity index (χ1n) is 9.25. The first-order chi connectivity index (χ1) is 14.0. The molecule has 0 saturated carbocycles. The molecule has 1 N–H and O–H groups in total. The number of halogens is 1. The molecule has 2 aromatic heterocycles. The van der Waals surface area contributed by atoms with Gasteiger partial charge in [-0.15, -0.1) is 5.10 Å². The van der Waals surface area contributed by atoms with Crippen molar-refractivity contribution in [3.8, 4) is 0 Å². The number of aryl methyl sites for hydroxylation is 1. The highest BCUT2D eigenvalue weighted by molar-refractivity contribution is 5.92. The van der Waals surface area contributed by atoms with E-state index in [1.54, 1.807) is 21.7 Å².